The van der Waals surface area contributed by atoms with Crippen molar-refractivity contribution < 1.29 is 0 Å². The number of fused-ring (bicyclic) bond motifs is 1. The van der Waals surface area contributed by atoms with E-state index in [9.17, 15) is 4.79 Å². The average Bonchev–Trinajstić information content (AvgIpc) is 3.25. The van der Waals surface area contributed by atoms with Gasteiger partial charge in [-0.1, -0.05) is 33.6 Å². The molecule has 2 fully saturated rings. The molecule has 4 rings (SSSR count). The lowest BCUT2D eigenvalue weighted by Crippen LogP contribution is -2.31. The van der Waals surface area contributed by atoms with E-state index < -0.39 is 0 Å². The van der Waals surface area contributed by atoms with Crippen molar-refractivity contribution in [3.05, 3.63) is 27.7 Å². The molecule has 5 nitrogen and oxygen atoms in total. The zero-order valence-electron chi connectivity index (χ0n) is 15.8. The van der Waals surface area contributed by atoms with E-state index >= 15 is 0 Å². The lowest BCUT2D eigenvalue weighted by Gasteiger charge is -2.35. The second-order valence-electron chi connectivity index (χ2n) is 8.56. The van der Waals surface area contributed by atoms with Gasteiger partial charge < -0.3 is 4.98 Å². The van der Waals surface area contributed by atoms with E-state index in [0.717, 1.165) is 55.4 Å². The Hall–Kier alpha value is -1.65. The number of aromatic nitrogens is 4. The molecule has 25 heavy (non-hydrogen) atoms. The Kier molecular flexibility index (Phi) is 4.20. The van der Waals surface area contributed by atoms with Crippen molar-refractivity contribution in [2.45, 2.75) is 89.9 Å². The van der Waals surface area contributed by atoms with E-state index in [0.29, 0.717) is 11.4 Å². The van der Waals surface area contributed by atoms with E-state index in [4.69, 9.17) is 10.1 Å². The first-order chi connectivity index (χ1) is 12.0. The van der Waals surface area contributed by atoms with Crippen LogP contribution < -0.4 is 5.56 Å². The van der Waals surface area contributed by atoms with Crippen molar-refractivity contribution in [3.63, 3.8) is 0 Å². The molecule has 1 N–H and O–H groups in total. The normalized spacial score (nSPS) is 28.0. The van der Waals surface area contributed by atoms with Crippen molar-refractivity contribution >= 4 is 5.52 Å². The highest BCUT2D eigenvalue weighted by Crippen LogP contribution is 2.41. The number of imidazole rings is 1. The van der Waals surface area contributed by atoms with Crippen LogP contribution in [0.25, 0.3) is 5.52 Å². The third-order valence-corrected chi connectivity index (χ3v) is 6.59. The number of rotatable bonds is 3. The third kappa shape index (κ3) is 2.81. The summed E-state index contributed by atoms with van der Waals surface area (Å²) in [6, 6.07) is 0. The van der Waals surface area contributed by atoms with Crippen molar-refractivity contribution in [2.75, 3.05) is 0 Å². The first-order valence-electron chi connectivity index (χ1n) is 10.0. The first kappa shape index (κ1) is 16.8. The van der Waals surface area contributed by atoms with Gasteiger partial charge >= 0.3 is 0 Å². The molecule has 2 saturated carbocycles. The zero-order valence-corrected chi connectivity index (χ0v) is 15.8. The highest BCUT2D eigenvalue weighted by atomic mass is 16.1. The van der Waals surface area contributed by atoms with Gasteiger partial charge in [-0.2, -0.15) is 5.10 Å². The molecule has 0 bridgehead atoms. The smallest absolute Gasteiger partial charge is 0.277 e. The summed E-state index contributed by atoms with van der Waals surface area (Å²) in [4.78, 5) is 20.8. The van der Waals surface area contributed by atoms with Crippen LogP contribution in [-0.2, 0) is 11.8 Å². The van der Waals surface area contributed by atoms with Crippen LogP contribution in [-0.4, -0.2) is 19.6 Å². The molecule has 2 aliphatic rings. The highest BCUT2D eigenvalue weighted by molar-refractivity contribution is 5.51. The predicted molar refractivity (Wildman–Crippen MR) is 99.2 cm³/mol. The van der Waals surface area contributed by atoms with Gasteiger partial charge in [-0.15, -0.1) is 0 Å². The topological polar surface area (TPSA) is 63.1 Å². The molecule has 5 heteroatoms. The standard InChI is InChI=1S/C20H30N4O/c1-4-15-16-18(25)22-17(14-7-5-6-8-14)23-24(16)19(21-15)20(3)11-9-13(2)10-12-20/h13-14H,4-12H2,1-3H3,(H,22,23,25). The van der Waals surface area contributed by atoms with Crippen LogP contribution in [0.1, 0.15) is 95.4 Å². The van der Waals surface area contributed by atoms with Gasteiger partial charge in [0.1, 0.15) is 11.6 Å². The molecule has 0 saturated heterocycles. The minimum absolute atomic E-state index is 0.0136. The van der Waals surface area contributed by atoms with E-state index in [1.165, 1.54) is 25.7 Å². The molecule has 0 aromatic carbocycles. The lowest BCUT2D eigenvalue weighted by molar-refractivity contribution is 0.247. The molecule has 2 aromatic heterocycles. The number of nitrogens with one attached hydrogen (secondary N) is 1. The van der Waals surface area contributed by atoms with Crippen LogP contribution in [0.2, 0.25) is 0 Å². The number of aromatic amines is 1. The van der Waals surface area contributed by atoms with Gasteiger partial charge in [-0.05, 0) is 50.9 Å². The summed E-state index contributed by atoms with van der Waals surface area (Å²) < 4.78 is 1.92. The van der Waals surface area contributed by atoms with Gasteiger partial charge in [-0.3, -0.25) is 4.79 Å². The Morgan fingerprint density at radius 2 is 1.88 bits per heavy atom. The number of hydrogen-bond acceptors (Lipinski definition) is 3. The number of nitrogens with zero attached hydrogens (tertiary/aromatic N) is 3. The second-order valence-corrected chi connectivity index (χ2v) is 8.56. The summed E-state index contributed by atoms with van der Waals surface area (Å²) in [6.45, 7) is 6.72. The monoisotopic (exact) mass is 342 g/mol. The average molecular weight is 342 g/mol. The summed E-state index contributed by atoms with van der Waals surface area (Å²) in [5, 5.41) is 4.92. The minimum Gasteiger partial charge on any atom is -0.307 e. The molecule has 0 radical (unpaired) electrons. The molecule has 0 amide bonds. The van der Waals surface area contributed by atoms with Crippen LogP contribution in [0, 0.1) is 5.92 Å². The fourth-order valence-electron chi connectivity index (χ4n) is 4.73. The van der Waals surface area contributed by atoms with Gasteiger partial charge in [0.2, 0.25) is 0 Å². The molecule has 2 aromatic rings. The maximum absolute atomic E-state index is 12.8. The van der Waals surface area contributed by atoms with E-state index in [1.54, 1.807) is 0 Å². The fourth-order valence-corrected chi connectivity index (χ4v) is 4.73. The number of hydrogen-bond donors (Lipinski definition) is 1. The molecule has 136 valence electrons. The molecule has 2 aliphatic carbocycles. The van der Waals surface area contributed by atoms with Crippen LogP contribution >= 0.6 is 0 Å². The Labute approximate surface area is 149 Å². The van der Waals surface area contributed by atoms with Crippen LogP contribution in [0.15, 0.2) is 4.79 Å². The summed E-state index contributed by atoms with van der Waals surface area (Å²) in [6.07, 6.45) is 10.2. The van der Waals surface area contributed by atoms with E-state index in [-0.39, 0.29) is 11.0 Å². The van der Waals surface area contributed by atoms with Crippen LogP contribution in [0.5, 0.6) is 0 Å². The summed E-state index contributed by atoms with van der Waals surface area (Å²) in [7, 11) is 0. The zero-order chi connectivity index (χ0) is 17.6. The van der Waals surface area contributed by atoms with Gasteiger partial charge in [0.05, 0.1) is 5.69 Å². The lowest BCUT2D eigenvalue weighted by atomic mass is 9.72. The molecule has 0 atom stereocenters. The Bertz CT molecular complexity index is 820. The quantitative estimate of drug-likeness (QED) is 0.913. The fraction of sp³-hybridized carbons (Fsp3) is 0.750. The van der Waals surface area contributed by atoms with Crippen molar-refractivity contribution in [1.29, 1.82) is 0 Å². The molecular formula is C20H30N4O. The SMILES string of the molecule is CCc1nc(C2(C)CCC(C)CC2)n2nc(C3CCCC3)[nH]c(=O)c12. The Morgan fingerprint density at radius 1 is 1.20 bits per heavy atom. The first-order valence-corrected chi connectivity index (χ1v) is 10.0. The van der Waals surface area contributed by atoms with Crippen LogP contribution in [0.3, 0.4) is 0 Å². The molecule has 0 unspecified atom stereocenters. The largest absolute Gasteiger partial charge is 0.307 e. The van der Waals surface area contributed by atoms with E-state index in [1.807, 2.05) is 4.52 Å². The number of aryl methyl sites for hydroxylation is 1. The van der Waals surface area contributed by atoms with Gasteiger partial charge in [0.15, 0.2) is 5.52 Å². The highest BCUT2D eigenvalue weighted by Gasteiger charge is 2.36. The summed E-state index contributed by atoms with van der Waals surface area (Å²) in [5.41, 5.74) is 1.57. The Morgan fingerprint density at radius 3 is 2.52 bits per heavy atom. The van der Waals surface area contributed by atoms with Gasteiger partial charge in [-0.25, -0.2) is 9.50 Å². The van der Waals surface area contributed by atoms with Crippen molar-refractivity contribution in [2.24, 2.45) is 5.92 Å². The maximum atomic E-state index is 12.8. The van der Waals surface area contributed by atoms with Gasteiger partial charge in [0.25, 0.3) is 5.56 Å². The molecular weight excluding hydrogens is 312 g/mol. The minimum atomic E-state index is -0.0136. The van der Waals surface area contributed by atoms with Gasteiger partial charge in [0, 0.05) is 11.3 Å². The summed E-state index contributed by atoms with van der Waals surface area (Å²) >= 11 is 0. The van der Waals surface area contributed by atoms with Crippen molar-refractivity contribution in [3.8, 4) is 0 Å². The third-order valence-electron chi connectivity index (χ3n) is 6.59. The van der Waals surface area contributed by atoms with Crippen molar-refractivity contribution in [1.82, 2.24) is 19.6 Å². The maximum Gasteiger partial charge on any atom is 0.277 e. The van der Waals surface area contributed by atoms with Crippen LogP contribution in [0.4, 0.5) is 0 Å². The summed E-state index contributed by atoms with van der Waals surface area (Å²) in [5.74, 6) is 3.06. The second kappa shape index (κ2) is 6.26. The van der Waals surface area contributed by atoms with E-state index in [2.05, 4.69) is 25.8 Å². The molecule has 0 spiro atoms. The molecule has 2 heterocycles. The Balaban J connectivity index is 1.87. The number of H-pyrrole nitrogens is 1. The molecule has 0 aliphatic heterocycles. The predicted octanol–water partition coefficient (Wildman–Crippen LogP) is 4.11.